The normalized spacial score (nSPS) is 14.8. The van der Waals surface area contributed by atoms with Crippen LogP contribution < -0.4 is 0 Å². The number of halogens is 1. The molecule has 0 saturated carbocycles. The van der Waals surface area contributed by atoms with Gasteiger partial charge in [-0.05, 0) is 48.2 Å². The summed E-state index contributed by atoms with van der Waals surface area (Å²) in [7, 11) is 0. The Morgan fingerprint density at radius 1 is 1.12 bits per heavy atom. The molecule has 0 bridgehead atoms. The first-order valence-electron chi connectivity index (χ1n) is 8.53. The lowest BCUT2D eigenvalue weighted by Crippen LogP contribution is -2.42. The summed E-state index contributed by atoms with van der Waals surface area (Å²) < 4.78 is 6.24. The molecule has 0 unspecified atom stereocenters. The van der Waals surface area contributed by atoms with Crippen LogP contribution in [0.1, 0.15) is 23.6 Å². The number of amides is 1. The van der Waals surface area contributed by atoms with Crippen molar-refractivity contribution in [3.05, 3.63) is 75.8 Å². The van der Waals surface area contributed by atoms with E-state index in [1.54, 1.807) is 17.9 Å². The first-order valence-corrected chi connectivity index (χ1v) is 9.32. The molecule has 2 aromatic rings. The zero-order chi connectivity index (χ0) is 18.5. The van der Waals surface area contributed by atoms with Gasteiger partial charge in [0.2, 0.25) is 0 Å². The third-order valence-corrected chi connectivity index (χ3v) is 4.89. The van der Waals surface area contributed by atoms with E-state index in [1.165, 1.54) is 11.6 Å². The van der Waals surface area contributed by atoms with Crippen LogP contribution in [0, 0.1) is 0 Å². The summed E-state index contributed by atoms with van der Waals surface area (Å²) in [6.07, 6.45) is 3.04. The van der Waals surface area contributed by atoms with Crippen molar-refractivity contribution in [3.8, 4) is 0 Å². The highest BCUT2D eigenvalue weighted by molar-refractivity contribution is 9.10. The second-order valence-corrected chi connectivity index (χ2v) is 7.16. The van der Waals surface area contributed by atoms with Gasteiger partial charge in [-0.1, -0.05) is 52.3 Å². The van der Waals surface area contributed by atoms with E-state index in [-0.39, 0.29) is 5.91 Å². The van der Waals surface area contributed by atoms with E-state index in [1.807, 2.05) is 42.5 Å². The number of carbonyl (C=O) groups is 2. The number of rotatable bonds is 4. The first-order chi connectivity index (χ1) is 12.5. The van der Waals surface area contributed by atoms with Gasteiger partial charge in [0.25, 0.3) is 5.91 Å². The Hall–Kier alpha value is -2.40. The number of carbonyl (C=O) groups excluding carboxylic acids is 2. The van der Waals surface area contributed by atoms with E-state index in [9.17, 15) is 9.59 Å². The van der Waals surface area contributed by atoms with Gasteiger partial charge in [-0.25, -0.2) is 4.79 Å². The summed E-state index contributed by atoms with van der Waals surface area (Å²) in [5.74, 6) is -0.684. The van der Waals surface area contributed by atoms with Crippen LogP contribution in [0.25, 0.3) is 6.08 Å². The van der Waals surface area contributed by atoms with Crippen LogP contribution in [0.15, 0.2) is 59.1 Å². The van der Waals surface area contributed by atoms with Gasteiger partial charge in [0.1, 0.15) is 0 Å². The molecule has 0 aromatic heterocycles. The summed E-state index contributed by atoms with van der Waals surface area (Å²) in [6, 6.07) is 15.7. The third kappa shape index (κ3) is 4.61. The van der Waals surface area contributed by atoms with Gasteiger partial charge in [-0.15, -0.1) is 0 Å². The summed E-state index contributed by atoms with van der Waals surface area (Å²) in [5.41, 5.74) is 3.32. The molecule has 0 fully saturated rings. The quantitative estimate of drug-likeness (QED) is 0.562. The van der Waals surface area contributed by atoms with E-state index in [0.717, 1.165) is 22.0 Å². The maximum absolute atomic E-state index is 12.6. The number of hydrogen-bond acceptors (Lipinski definition) is 3. The van der Waals surface area contributed by atoms with Crippen LogP contribution in [0.3, 0.4) is 0 Å². The van der Waals surface area contributed by atoms with Gasteiger partial charge in [-0.3, -0.25) is 4.79 Å². The van der Waals surface area contributed by atoms with Crippen molar-refractivity contribution in [1.82, 2.24) is 4.90 Å². The summed E-state index contributed by atoms with van der Waals surface area (Å²) >= 11 is 3.36. The molecule has 0 aliphatic carbocycles. The minimum absolute atomic E-state index is 0.162. The van der Waals surface area contributed by atoms with Crippen molar-refractivity contribution in [2.45, 2.75) is 26.0 Å². The molecule has 3 rings (SSSR count). The highest BCUT2D eigenvalue weighted by atomic mass is 79.9. The summed E-state index contributed by atoms with van der Waals surface area (Å²) in [5, 5.41) is 0. The number of ether oxygens (including phenoxy) is 1. The zero-order valence-electron chi connectivity index (χ0n) is 14.5. The molecule has 1 aliphatic heterocycles. The van der Waals surface area contributed by atoms with Gasteiger partial charge >= 0.3 is 5.97 Å². The van der Waals surface area contributed by atoms with Gasteiger partial charge < -0.3 is 9.64 Å². The fraction of sp³-hybridized carbons (Fsp3) is 0.238. The van der Waals surface area contributed by atoms with Crippen molar-refractivity contribution >= 4 is 33.9 Å². The molecule has 0 N–H and O–H groups in total. The Bertz CT molecular complexity index is 829. The SMILES string of the molecule is C[C@H](OC(=O)/C=C/c1ccc(Br)cc1)C(=O)N1CCc2ccccc2C1. The molecule has 4 nitrogen and oxygen atoms in total. The van der Waals surface area contributed by atoms with Gasteiger partial charge in [0, 0.05) is 23.6 Å². The smallest absolute Gasteiger partial charge is 0.331 e. The molecule has 1 amide bonds. The van der Waals surface area contributed by atoms with Crippen molar-refractivity contribution in [2.75, 3.05) is 6.54 Å². The van der Waals surface area contributed by atoms with E-state index in [2.05, 4.69) is 22.0 Å². The van der Waals surface area contributed by atoms with Gasteiger partial charge in [0.05, 0.1) is 0 Å². The lowest BCUT2D eigenvalue weighted by Gasteiger charge is -2.30. The van der Waals surface area contributed by atoms with Crippen molar-refractivity contribution < 1.29 is 14.3 Å². The molecule has 5 heteroatoms. The largest absolute Gasteiger partial charge is 0.449 e. The lowest BCUT2D eigenvalue weighted by molar-refractivity contribution is -0.155. The molecule has 1 atom stereocenters. The molecule has 0 saturated heterocycles. The maximum atomic E-state index is 12.6. The first kappa shape index (κ1) is 18.4. The molecule has 2 aromatic carbocycles. The maximum Gasteiger partial charge on any atom is 0.331 e. The molecular weight excluding hydrogens is 394 g/mol. The number of esters is 1. The number of benzene rings is 2. The monoisotopic (exact) mass is 413 g/mol. The Balaban J connectivity index is 1.55. The number of nitrogens with zero attached hydrogens (tertiary/aromatic N) is 1. The molecule has 1 heterocycles. The van der Waals surface area contributed by atoms with E-state index in [0.29, 0.717) is 13.1 Å². The van der Waals surface area contributed by atoms with Crippen LogP contribution in [0.4, 0.5) is 0 Å². The molecule has 26 heavy (non-hydrogen) atoms. The summed E-state index contributed by atoms with van der Waals surface area (Å²) in [6.45, 7) is 2.83. The molecule has 1 aliphatic rings. The average Bonchev–Trinajstić information content (AvgIpc) is 2.66. The number of fused-ring (bicyclic) bond motifs is 1. The molecular formula is C21H20BrNO3. The number of hydrogen-bond donors (Lipinski definition) is 0. The van der Waals surface area contributed by atoms with Crippen LogP contribution in [0.5, 0.6) is 0 Å². The molecule has 0 spiro atoms. The minimum atomic E-state index is -0.803. The topological polar surface area (TPSA) is 46.6 Å². The van der Waals surface area contributed by atoms with Gasteiger partial charge in [-0.2, -0.15) is 0 Å². The Morgan fingerprint density at radius 2 is 1.81 bits per heavy atom. The minimum Gasteiger partial charge on any atom is -0.449 e. The standard InChI is InChI=1S/C21H20BrNO3/c1-15(26-20(24)11-8-16-6-9-19(22)10-7-16)21(25)23-13-12-17-4-2-3-5-18(17)14-23/h2-11,15H,12-14H2,1H3/b11-8+/t15-/m0/s1. The van der Waals surface area contributed by atoms with E-state index in [4.69, 9.17) is 4.74 Å². The van der Waals surface area contributed by atoms with Crippen LogP contribution in [-0.2, 0) is 27.3 Å². The van der Waals surface area contributed by atoms with E-state index < -0.39 is 12.1 Å². The second-order valence-electron chi connectivity index (χ2n) is 6.24. The molecule has 134 valence electrons. The van der Waals surface area contributed by atoms with E-state index >= 15 is 0 Å². The van der Waals surface area contributed by atoms with Crippen molar-refractivity contribution in [1.29, 1.82) is 0 Å². The zero-order valence-corrected chi connectivity index (χ0v) is 16.1. The predicted octanol–water partition coefficient (Wildman–Crippen LogP) is 3.98. The fourth-order valence-electron chi connectivity index (χ4n) is 2.94. The van der Waals surface area contributed by atoms with Crippen molar-refractivity contribution in [2.24, 2.45) is 0 Å². The van der Waals surface area contributed by atoms with Crippen LogP contribution in [-0.4, -0.2) is 29.4 Å². The Labute approximate surface area is 161 Å². The second kappa shape index (κ2) is 8.32. The van der Waals surface area contributed by atoms with Gasteiger partial charge in [0.15, 0.2) is 6.10 Å². The highest BCUT2D eigenvalue weighted by Crippen LogP contribution is 2.19. The average molecular weight is 414 g/mol. The third-order valence-electron chi connectivity index (χ3n) is 4.36. The lowest BCUT2D eigenvalue weighted by atomic mass is 9.99. The van der Waals surface area contributed by atoms with Crippen LogP contribution >= 0.6 is 15.9 Å². The predicted molar refractivity (Wildman–Crippen MR) is 104 cm³/mol. The fourth-order valence-corrected chi connectivity index (χ4v) is 3.21. The highest BCUT2D eigenvalue weighted by Gasteiger charge is 2.26. The molecule has 0 radical (unpaired) electrons. The van der Waals surface area contributed by atoms with Crippen molar-refractivity contribution in [3.63, 3.8) is 0 Å². The van der Waals surface area contributed by atoms with Crippen LogP contribution in [0.2, 0.25) is 0 Å². The summed E-state index contributed by atoms with van der Waals surface area (Å²) in [4.78, 5) is 26.3. The Kier molecular flexibility index (Phi) is 5.89. The Morgan fingerprint density at radius 3 is 2.54 bits per heavy atom.